The van der Waals surface area contributed by atoms with Crippen molar-refractivity contribution in [1.29, 1.82) is 0 Å². The quantitative estimate of drug-likeness (QED) is 0.827. The molecule has 3 rings (SSSR count). The molecule has 7 heteroatoms. The van der Waals surface area contributed by atoms with Crippen molar-refractivity contribution in [2.75, 3.05) is 53.4 Å². The molecule has 25 heavy (non-hydrogen) atoms. The summed E-state index contributed by atoms with van der Waals surface area (Å²) >= 11 is 0. The molecule has 2 aliphatic rings. The van der Waals surface area contributed by atoms with E-state index in [-0.39, 0.29) is 17.4 Å². The lowest BCUT2D eigenvalue weighted by Gasteiger charge is -2.34. The molecular formula is C18H28N4O3. The Labute approximate surface area is 149 Å². The normalized spacial score (nSPS) is 24.8. The number of carbonyl (C=O) groups excluding carboxylic acids is 2. The highest BCUT2D eigenvalue weighted by Gasteiger charge is 2.46. The minimum absolute atomic E-state index is 0.0203. The van der Waals surface area contributed by atoms with E-state index in [0.29, 0.717) is 19.5 Å². The van der Waals surface area contributed by atoms with Crippen LogP contribution in [0.2, 0.25) is 0 Å². The Kier molecular flexibility index (Phi) is 5.03. The zero-order chi connectivity index (χ0) is 18.0. The number of nitrogens with zero attached hydrogens (tertiary/aromatic N) is 4. The summed E-state index contributed by atoms with van der Waals surface area (Å²) in [6.45, 7) is 7.17. The van der Waals surface area contributed by atoms with E-state index in [1.54, 1.807) is 31.5 Å². The van der Waals surface area contributed by atoms with E-state index in [1.165, 1.54) is 0 Å². The predicted octanol–water partition coefficient (Wildman–Crippen LogP) is 1.32. The second-order valence-electron chi connectivity index (χ2n) is 7.53. The van der Waals surface area contributed by atoms with Crippen molar-refractivity contribution in [1.82, 2.24) is 19.6 Å². The van der Waals surface area contributed by atoms with Crippen molar-refractivity contribution in [3.8, 4) is 0 Å². The van der Waals surface area contributed by atoms with Crippen LogP contribution in [0, 0.1) is 5.41 Å². The van der Waals surface area contributed by atoms with E-state index in [9.17, 15) is 9.59 Å². The van der Waals surface area contributed by atoms with Crippen LogP contribution in [0.4, 0.5) is 4.79 Å². The van der Waals surface area contributed by atoms with E-state index in [1.807, 2.05) is 22.8 Å². The van der Waals surface area contributed by atoms with Crippen LogP contribution >= 0.6 is 0 Å². The molecule has 138 valence electrons. The first-order valence-corrected chi connectivity index (χ1v) is 8.90. The summed E-state index contributed by atoms with van der Waals surface area (Å²) in [7, 11) is 3.56. The highest BCUT2D eigenvalue weighted by Crippen LogP contribution is 2.35. The average molecular weight is 348 g/mol. The SMILES string of the molecule is CCN1C[C@@]2(CC1=O)CN(Cc1ccoc1)CCN(C(=O)N(C)C)C2. The van der Waals surface area contributed by atoms with Gasteiger partial charge in [0.2, 0.25) is 5.91 Å². The molecule has 0 saturated carbocycles. The first-order valence-electron chi connectivity index (χ1n) is 8.90. The number of rotatable bonds is 3. The van der Waals surface area contributed by atoms with Crippen molar-refractivity contribution >= 4 is 11.9 Å². The van der Waals surface area contributed by atoms with Crippen LogP contribution in [0.1, 0.15) is 18.9 Å². The molecule has 0 radical (unpaired) electrons. The lowest BCUT2D eigenvalue weighted by atomic mass is 9.86. The van der Waals surface area contributed by atoms with Gasteiger partial charge in [0.25, 0.3) is 0 Å². The van der Waals surface area contributed by atoms with Gasteiger partial charge in [-0.05, 0) is 13.0 Å². The van der Waals surface area contributed by atoms with Gasteiger partial charge in [-0.25, -0.2) is 4.79 Å². The molecule has 0 bridgehead atoms. The average Bonchev–Trinajstić information content (AvgIpc) is 3.13. The van der Waals surface area contributed by atoms with Crippen LogP contribution in [0.25, 0.3) is 0 Å². The fourth-order valence-electron chi connectivity index (χ4n) is 4.05. The molecule has 2 fully saturated rings. The molecule has 0 aromatic carbocycles. The van der Waals surface area contributed by atoms with Crippen LogP contribution in [0.5, 0.6) is 0 Å². The Balaban J connectivity index is 1.82. The van der Waals surface area contributed by atoms with Gasteiger partial charge in [-0.15, -0.1) is 0 Å². The molecule has 0 aliphatic carbocycles. The molecular weight excluding hydrogens is 320 g/mol. The zero-order valence-corrected chi connectivity index (χ0v) is 15.4. The maximum Gasteiger partial charge on any atom is 0.319 e. The Bertz CT molecular complexity index is 616. The Morgan fingerprint density at radius 1 is 1.28 bits per heavy atom. The molecule has 1 atom stereocenters. The topological polar surface area (TPSA) is 60.2 Å². The van der Waals surface area contributed by atoms with E-state index in [4.69, 9.17) is 4.42 Å². The van der Waals surface area contributed by atoms with E-state index < -0.39 is 0 Å². The predicted molar refractivity (Wildman–Crippen MR) is 93.9 cm³/mol. The number of amides is 3. The van der Waals surface area contributed by atoms with Gasteiger partial charge >= 0.3 is 6.03 Å². The fourth-order valence-corrected chi connectivity index (χ4v) is 4.05. The van der Waals surface area contributed by atoms with Crippen molar-refractivity contribution in [3.05, 3.63) is 24.2 Å². The van der Waals surface area contributed by atoms with Gasteiger partial charge in [-0.2, -0.15) is 0 Å². The smallest absolute Gasteiger partial charge is 0.319 e. The standard InChI is InChI=1S/C18H28N4O3/c1-4-21-13-18(9-16(21)23)12-20(10-15-5-8-25-11-15)6-7-22(14-18)17(24)19(2)3/h5,8,11H,4,6-7,9-10,12-14H2,1-3H3/t18-/m1/s1. The van der Waals surface area contributed by atoms with Gasteiger partial charge in [-0.3, -0.25) is 9.69 Å². The minimum Gasteiger partial charge on any atom is -0.472 e. The molecule has 2 aliphatic heterocycles. The van der Waals surface area contributed by atoms with Gasteiger partial charge in [0.15, 0.2) is 0 Å². The third-order valence-electron chi connectivity index (χ3n) is 5.20. The highest BCUT2D eigenvalue weighted by molar-refractivity contribution is 5.80. The van der Waals surface area contributed by atoms with E-state index in [2.05, 4.69) is 4.90 Å². The molecule has 0 N–H and O–H groups in total. The van der Waals surface area contributed by atoms with Crippen LogP contribution in [0.3, 0.4) is 0 Å². The van der Waals surface area contributed by atoms with Crippen molar-refractivity contribution in [2.45, 2.75) is 19.9 Å². The number of hydrogen-bond donors (Lipinski definition) is 0. The Morgan fingerprint density at radius 3 is 2.68 bits per heavy atom. The lowest BCUT2D eigenvalue weighted by Crippen LogP contribution is -2.47. The van der Waals surface area contributed by atoms with Gasteiger partial charge in [0.05, 0.1) is 12.5 Å². The first kappa shape index (κ1) is 17.8. The zero-order valence-electron chi connectivity index (χ0n) is 15.4. The fraction of sp³-hybridized carbons (Fsp3) is 0.667. The van der Waals surface area contributed by atoms with Gasteiger partial charge in [0.1, 0.15) is 0 Å². The summed E-state index contributed by atoms with van der Waals surface area (Å²) in [5.41, 5.74) is 0.929. The number of carbonyl (C=O) groups is 2. The summed E-state index contributed by atoms with van der Waals surface area (Å²) in [6, 6.07) is 1.99. The molecule has 3 amide bonds. The molecule has 2 saturated heterocycles. The minimum atomic E-state index is -0.195. The van der Waals surface area contributed by atoms with Crippen LogP contribution in [-0.2, 0) is 11.3 Å². The van der Waals surface area contributed by atoms with Crippen molar-refractivity contribution in [3.63, 3.8) is 0 Å². The molecule has 0 unspecified atom stereocenters. The van der Waals surface area contributed by atoms with E-state index in [0.717, 1.165) is 38.3 Å². The molecule has 1 aromatic heterocycles. The summed E-state index contributed by atoms with van der Waals surface area (Å²) in [5.74, 6) is 0.199. The first-order chi connectivity index (χ1) is 11.9. The van der Waals surface area contributed by atoms with E-state index >= 15 is 0 Å². The van der Waals surface area contributed by atoms with Gasteiger partial charge in [-0.1, -0.05) is 0 Å². The number of likely N-dealkylation sites (tertiary alicyclic amines) is 1. The van der Waals surface area contributed by atoms with Gasteiger partial charge in [0, 0.05) is 77.3 Å². The number of hydrogen-bond acceptors (Lipinski definition) is 4. The molecule has 7 nitrogen and oxygen atoms in total. The van der Waals surface area contributed by atoms with Crippen molar-refractivity contribution in [2.24, 2.45) is 5.41 Å². The third kappa shape index (κ3) is 3.81. The summed E-state index contributed by atoms with van der Waals surface area (Å²) in [4.78, 5) is 32.8. The summed E-state index contributed by atoms with van der Waals surface area (Å²) in [6.07, 6.45) is 3.96. The largest absolute Gasteiger partial charge is 0.472 e. The summed E-state index contributed by atoms with van der Waals surface area (Å²) < 4.78 is 5.19. The molecule has 3 heterocycles. The molecule has 1 spiro atoms. The monoisotopic (exact) mass is 348 g/mol. The second kappa shape index (κ2) is 7.07. The number of urea groups is 1. The summed E-state index contributed by atoms with van der Waals surface area (Å²) in [5, 5.41) is 0. The van der Waals surface area contributed by atoms with Gasteiger partial charge < -0.3 is 19.1 Å². The Morgan fingerprint density at radius 2 is 2.08 bits per heavy atom. The van der Waals surface area contributed by atoms with Crippen LogP contribution < -0.4 is 0 Å². The lowest BCUT2D eigenvalue weighted by molar-refractivity contribution is -0.127. The van der Waals surface area contributed by atoms with Crippen LogP contribution in [0.15, 0.2) is 23.0 Å². The second-order valence-corrected chi connectivity index (χ2v) is 7.53. The van der Waals surface area contributed by atoms with Crippen molar-refractivity contribution < 1.29 is 14.0 Å². The highest BCUT2D eigenvalue weighted by atomic mass is 16.3. The number of furan rings is 1. The Hall–Kier alpha value is -2.02. The van der Waals surface area contributed by atoms with Crippen LogP contribution in [-0.4, -0.2) is 84.9 Å². The maximum absolute atomic E-state index is 12.6. The maximum atomic E-state index is 12.6. The third-order valence-corrected chi connectivity index (χ3v) is 5.20. The molecule has 1 aromatic rings.